The number of benzene rings is 1. The number of rotatable bonds is 5. The topological polar surface area (TPSA) is 131 Å². The van der Waals surface area contributed by atoms with Gasteiger partial charge in [0.1, 0.15) is 6.10 Å². The van der Waals surface area contributed by atoms with Crippen LogP contribution in [0.3, 0.4) is 0 Å². The molecule has 2 heterocycles. The van der Waals surface area contributed by atoms with Crippen LogP contribution in [0.2, 0.25) is 0 Å². The molecule has 0 aliphatic carbocycles. The molecule has 0 fully saturated rings. The van der Waals surface area contributed by atoms with Gasteiger partial charge in [-0.25, -0.2) is 15.0 Å². The number of aromatic hydroxyl groups is 2. The summed E-state index contributed by atoms with van der Waals surface area (Å²) < 4.78 is 5.52. The molecular formula is C16H18N4O5. The quantitative estimate of drug-likeness (QED) is 0.360. The molecule has 1 aliphatic rings. The highest BCUT2D eigenvalue weighted by molar-refractivity contribution is 6.01. The standard InChI is InChI=1S/C16H18N4O5/c1-9-13(16(23)20(24)6-5-10-7-17-8-18-10)19-15(25-9)11-3-2-4-12(21)14(11)22/h2-4,7-9,13,21-22,24H,5-6H2,1H3,(H,17,18)/t9-,13-/m1/s1. The number of imidazole rings is 1. The summed E-state index contributed by atoms with van der Waals surface area (Å²) in [7, 11) is 0. The maximum absolute atomic E-state index is 12.4. The predicted octanol–water partition coefficient (Wildman–Crippen LogP) is 0.815. The average Bonchev–Trinajstić information content (AvgIpc) is 3.24. The lowest BCUT2D eigenvalue weighted by molar-refractivity contribution is -0.168. The maximum atomic E-state index is 12.4. The third kappa shape index (κ3) is 3.41. The summed E-state index contributed by atoms with van der Waals surface area (Å²) in [5.74, 6) is -1.25. The van der Waals surface area contributed by atoms with E-state index in [4.69, 9.17) is 4.74 Å². The zero-order valence-corrected chi connectivity index (χ0v) is 13.5. The van der Waals surface area contributed by atoms with Crippen molar-refractivity contribution >= 4 is 11.8 Å². The van der Waals surface area contributed by atoms with Crippen LogP contribution < -0.4 is 0 Å². The largest absolute Gasteiger partial charge is 0.504 e. The minimum atomic E-state index is -0.941. The summed E-state index contributed by atoms with van der Waals surface area (Å²) in [6.07, 6.45) is 2.92. The van der Waals surface area contributed by atoms with Gasteiger partial charge in [-0.15, -0.1) is 0 Å². The average molecular weight is 346 g/mol. The molecule has 1 aromatic carbocycles. The third-order valence-corrected chi connectivity index (χ3v) is 3.90. The molecule has 0 spiro atoms. The Labute approximate surface area is 143 Å². The Bertz CT molecular complexity index is 790. The van der Waals surface area contributed by atoms with Crippen LogP contribution in [0.5, 0.6) is 11.5 Å². The van der Waals surface area contributed by atoms with Crippen molar-refractivity contribution in [3.63, 3.8) is 0 Å². The first-order valence-electron chi connectivity index (χ1n) is 7.70. The summed E-state index contributed by atoms with van der Waals surface area (Å²) in [4.78, 5) is 23.3. The Balaban J connectivity index is 1.71. The molecule has 3 rings (SSSR count). The number of hydroxylamine groups is 2. The summed E-state index contributed by atoms with van der Waals surface area (Å²) in [5.41, 5.74) is 0.973. The van der Waals surface area contributed by atoms with E-state index in [0.717, 1.165) is 5.69 Å². The fraction of sp³-hybridized carbons (Fsp3) is 0.312. The van der Waals surface area contributed by atoms with E-state index in [2.05, 4.69) is 15.0 Å². The van der Waals surface area contributed by atoms with Crippen LogP contribution in [0.15, 0.2) is 35.7 Å². The fourth-order valence-corrected chi connectivity index (χ4v) is 2.51. The first kappa shape index (κ1) is 16.8. The Morgan fingerprint density at radius 3 is 2.92 bits per heavy atom. The molecular weight excluding hydrogens is 328 g/mol. The molecule has 1 aliphatic heterocycles. The number of phenols is 2. The number of nitrogens with one attached hydrogen (secondary N) is 1. The van der Waals surface area contributed by atoms with Crippen LogP contribution in [0, 0.1) is 0 Å². The molecule has 0 saturated carbocycles. The zero-order valence-electron chi connectivity index (χ0n) is 13.5. The number of hydrogen-bond donors (Lipinski definition) is 4. The molecule has 4 N–H and O–H groups in total. The van der Waals surface area contributed by atoms with Crippen molar-refractivity contribution in [2.45, 2.75) is 25.5 Å². The van der Waals surface area contributed by atoms with Crippen molar-refractivity contribution in [3.8, 4) is 11.5 Å². The van der Waals surface area contributed by atoms with Gasteiger partial charge < -0.3 is 19.9 Å². The van der Waals surface area contributed by atoms with Gasteiger partial charge in [0, 0.05) is 18.3 Å². The van der Waals surface area contributed by atoms with Crippen LogP contribution in [0.4, 0.5) is 0 Å². The van der Waals surface area contributed by atoms with Crippen LogP contribution in [-0.2, 0) is 16.0 Å². The van der Waals surface area contributed by atoms with E-state index in [1.165, 1.54) is 24.5 Å². The second kappa shape index (κ2) is 6.81. The number of phenolic OH excluding ortho intramolecular Hbond substituents is 2. The summed E-state index contributed by atoms with van der Waals surface area (Å²) in [6, 6.07) is 3.43. The van der Waals surface area contributed by atoms with Crippen LogP contribution in [0.25, 0.3) is 0 Å². The molecule has 0 bridgehead atoms. The van der Waals surface area contributed by atoms with Gasteiger partial charge in [0.05, 0.1) is 18.4 Å². The zero-order chi connectivity index (χ0) is 18.0. The summed E-state index contributed by atoms with van der Waals surface area (Å²) >= 11 is 0. The maximum Gasteiger partial charge on any atom is 0.274 e. The Kier molecular flexibility index (Phi) is 4.57. The van der Waals surface area contributed by atoms with Crippen LogP contribution in [0.1, 0.15) is 18.2 Å². The lowest BCUT2D eigenvalue weighted by Crippen LogP contribution is -2.41. The Hall–Kier alpha value is -3.07. The number of carbonyl (C=O) groups is 1. The van der Waals surface area contributed by atoms with Gasteiger partial charge in [0.25, 0.3) is 5.91 Å². The van der Waals surface area contributed by atoms with E-state index in [0.29, 0.717) is 11.5 Å². The summed E-state index contributed by atoms with van der Waals surface area (Å²) in [5, 5.41) is 30.1. The highest BCUT2D eigenvalue weighted by atomic mass is 16.5. The predicted molar refractivity (Wildman–Crippen MR) is 86.4 cm³/mol. The first-order chi connectivity index (χ1) is 12.0. The van der Waals surface area contributed by atoms with Gasteiger partial charge >= 0.3 is 0 Å². The Morgan fingerprint density at radius 2 is 2.20 bits per heavy atom. The van der Waals surface area contributed by atoms with Crippen molar-refractivity contribution in [2.75, 3.05) is 6.54 Å². The molecule has 9 nitrogen and oxygen atoms in total. The molecule has 0 saturated heterocycles. The SMILES string of the molecule is C[C@H]1OC(c2cccc(O)c2O)=N[C@H]1C(=O)N(O)CCc1cnc[nH]1. The lowest BCUT2D eigenvalue weighted by atomic mass is 10.2. The fourth-order valence-electron chi connectivity index (χ4n) is 2.51. The molecule has 25 heavy (non-hydrogen) atoms. The van der Waals surface area contributed by atoms with E-state index in [1.54, 1.807) is 13.1 Å². The van der Waals surface area contributed by atoms with Gasteiger partial charge in [0.15, 0.2) is 17.5 Å². The number of amides is 1. The number of hydrogen-bond acceptors (Lipinski definition) is 7. The number of H-pyrrole nitrogens is 1. The van der Waals surface area contributed by atoms with Crippen LogP contribution >= 0.6 is 0 Å². The van der Waals surface area contributed by atoms with E-state index in [1.807, 2.05) is 0 Å². The van der Waals surface area contributed by atoms with Crippen molar-refractivity contribution in [1.82, 2.24) is 15.0 Å². The van der Waals surface area contributed by atoms with Gasteiger partial charge in [-0.3, -0.25) is 10.0 Å². The number of ether oxygens (including phenoxy) is 1. The monoisotopic (exact) mass is 346 g/mol. The molecule has 9 heteroatoms. The van der Waals surface area contributed by atoms with Crippen molar-refractivity contribution in [1.29, 1.82) is 0 Å². The normalized spacial score (nSPS) is 19.4. The number of aliphatic imine (C=N–C) groups is 1. The molecule has 0 radical (unpaired) electrons. The van der Waals surface area contributed by atoms with E-state index >= 15 is 0 Å². The van der Waals surface area contributed by atoms with Crippen LogP contribution in [-0.4, -0.2) is 60.9 Å². The van der Waals surface area contributed by atoms with Crippen molar-refractivity contribution in [2.24, 2.45) is 4.99 Å². The molecule has 1 aromatic heterocycles. The van der Waals surface area contributed by atoms with Gasteiger partial charge in [-0.1, -0.05) is 6.07 Å². The van der Waals surface area contributed by atoms with Gasteiger partial charge in [-0.05, 0) is 19.1 Å². The number of aromatic nitrogens is 2. The highest BCUT2D eigenvalue weighted by Crippen LogP contribution is 2.31. The van der Waals surface area contributed by atoms with Crippen molar-refractivity contribution in [3.05, 3.63) is 42.0 Å². The molecule has 2 atom stereocenters. The molecule has 2 aromatic rings. The first-order valence-corrected chi connectivity index (χ1v) is 7.70. The van der Waals surface area contributed by atoms with Gasteiger partial charge in [-0.2, -0.15) is 0 Å². The molecule has 132 valence electrons. The lowest BCUT2D eigenvalue weighted by Gasteiger charge is -2.19. The number of para-hydroxylation sites is 1. The van der Waals surface area contributed by atoms with E-state index < -0.39 is 18.1 Å². The number of nitrogens with zero attached hydrogens (tertiary/aromatic N) is 3. The van der Waals surface area contributed by atoms with E-state index in [-0.39, 0.29) is 29.5 Å². The Morgan fingerprint density at radius 1 is 1.40 bits per heavy atom. The number of carbonyl (C=O) groups excluding carboxylic acids is 1. The molecule has 1 amide bonds. The van der Waals surface area contributed by atoms with Crippen molar-refractivity contribution < 1.29 is 25.0 Å². The summed E-state index contributed by atoms with van der Waals surface area (Å²) in [6.45, 7) is 1.72. The minimum absolute atomic E-state index is 0.0428. The van der Waals surface area contributed by atoms with E-state index in [9.17, 15) is 20.2 Å². The number of aromatic amines is 1. The van der Waals surface area contributed by atoms with Gasteiger partial charge in [0.2, 0.25) is 5.90 Å². The second-order valence-electron chi connectivity index (χ2n) is 5.66. The third-order valence-electron chi connectivity index (χ3n) is 3.90. The highest BCUT2D eigenvalue weighted by Gasteiger charge is 2.37. The minimum Gasteiger partial charge on any atom is -0.504 e. The molecule has 0 unspecified atom stereocenters. The smallest absolute Gasteiger partial charge is 0.274 e. The second-order valence-corrected chi connectivity index (χ2v) is 5.66.